The number of hydrogen-bond donors (Lipinski definition) is 2. The number of amides is 1. The van der Waals surface area contributed by atoms with E-state index in [1.54, 1.807) is 38.1 Å². The summed E-state index contributed by atoms with van der Waals surface area (Å²) in [6.07, 6.45) is 0. The number of nitrogens with zero attached hydrogens (tertiary/aromatic N) is 1. The first-order valence-electron chi connectivity index (χ1n) is 6.58. The molecule has 1 aromatic carbocycles. The van der Waals surface area contributed by atoms with E-state index in [2.05, 4.69) is 5.32 Å². The molecule has 1 rings (SSSR count). The molecule has 0 saturated carbocycles. The molecule has 3 N–H and O–H groups in total. The summed E-state index contributed by atoms with van der Waals surface area (Å²) in [6, 6.07) is 6.43. The SMILES string of the molecule is CC(NC(C)(C)C(N)=O)c1ccc(S(=O)(=O)N(C)C)cc1. The van der Waals surface area contributed by atoms with Crippen molar-refractivity contribution in [1.82, 2.24) is 9.62 Å². The molecule has 7 heteroatoms. The monoisotopic (exact) mass is 313 g/mol. The average Bonchev–Trinajstić information content (AvgIpc) is 2.37. The minimum Gasteiger partial charge on any atom is -0.368 e. The first kappa shape index (κ1) is 17.6. The third kappa shape index (κ3) is 4.03. The van der Waals surface area contributed by atoms with E-state index in [1.165, 1.54) is 18.4 Å². The highest BCUT2D eigenvalue weighted by atomic mass is 32.2. The zero-order valence-corrected chi connectivity index (χ0v) is 13.9. The van der Waals surface area contributed by atoms with Crippen molar-refractivity contribution in [3.8, 4) is 0 Å². The van der Waals surface area contributed by atoms with Gasteiger partial charge in [0, 0.05) is 20.1 Å². The summed E-state index contributed by atoms with van der Waals surface area (Å²) in [5.74, 6) is -0.443. The average molecular weight is 313 g/mol. The molecule has 0 spiro atoms. The smallest absolute Gasteiger partial charge is 0.242 e. The second-order valence-electron chi connectivity index (χ2n) is 5.71. The summed E-state index contributed by atoms with van der Waals surface area (Å²) in [7, 11) is -0.451. The fraction of sp³-hybridized carbons (Fsp3) is 0.500. The van der Waals surface area contributed by atoms with Gasteiger partial charge in [-0.3, -0.25) is 10.1 Å². The Kier molecular flexibility index (Phi) is 5.14. The maximum atomic E-state index is 12.0. The van der Waals surface area contributed by atoms with Crippen LogP contribution in [-0.2, 0) is 14.8 Å². The normalized spacial score (nSPS) is 14.2. The van der Waals surface area contributed by atoms with Gasteiger partial charge in [-0.05, 0) is 38.5 Å². The summed E-state index contributed by atoms with van der Waals surface area (Å²) in [5.41, 5.74) is 5.36. The van der Waals surface area contributed by atoms with Gasteiger partial charge in [0.2, 0.25) is 15.9 Å². The van der Waals surface area contributed by atoms with Crippen LogP contribution in [0.25, 0.3) is 0 Å². The lowest BCUT2D eigenvalue weighted by Gasteiger charge is -2.27. The van der Waals surface area contributed by atoms with Gasteiger partial charge in [0.1, 0.15) is 0 Å². The fourth-order valence-corrected chi connectivity index (χ4v) is 2.74. The Morgan fingerprint density at radius 1 is 1.24 bits per heavy atom. The number of carbonyl (C=O) groups is 1. The molecule has 0 saturated heterocycles. The van der Waals surface area contributed by atoms with Crippen LogP contribution in [0.5, 0.6) is 0 Å². The van der Waals surface area contributed by atoms with Crippen molar-refractivity contribution in [2.75, 3.05) is 14.1 Å². The van der Waals surface area contributed by atoms with E-state index in [0.717, 1.165) is 5.56 Å². The number of nitrogens with one attached hydrogen (secondary N) is 1. The van der Waals surface area contributed by atoms with Gasteiger partial charge in [0.15, 0.2) is 0 Å². The summed E-state index contributed by atoms with van der Waals surface area (Å²) >= 11 is 0. The van der Waals surface area contributed by atoms with E-state index in [9.17, 15) is 13.2 Å². The molecule has 0 aromatic heterocycles. The molecule has 0 aliphatic rings. The highest BCUT2D eigenvalue weighted by molar-refractivity contribution is 7.89. The van der Waals surface area contributed by atoms with Gasteiger partial charge in [0.25, 0.3) is 0 Å². The second kappa shape index (κ2) is 6.13. The molecule has 118 valence electrons. The molecular formula is C14H23N3O3S. The maximum Gasteiger partial charge on any atom is 0.242 e. The summed E-state index contributed by atoms with van der Waals surface area (Å²) < 4.78 is 25.1. The van der Waals surface area contributed by atoms with Crippen LogP contribution in [0.2, 0.25) is 0 Å². The van der Waals surface area contributed by atoms with Crippen molar-refractivity contribution in [2.45, 2.75) is 37.2 Å². The number of sulfonamides is 1. The highest BCUT2D eigenvalue weighted by Gasteiger charge is 2.27. The Labute approximate surface area is 126 Å². The molecule has 0 aliphatic heterocycles. The number of nitrogens with two attached hydrogens (primary N) is 1. The van der Waals surface area contributed by atoms with Gasteiger partial charge < -0.3 is 5.73 Å². The summed E-state index contributed by atoms with van der Waals surface area (Å²) in [5, 5.41) is 3.12. The summed E-state index contributed by atoms with van der Waals surface area (Å²) in [6.45, 7) is 5.30. The minimum absolute atomic E-state index is 0.136. The van der Waals surface area contributed by atoms with Crippen molar-refractivity contribution < 1.29 is 13.2 Å². The first-order valence-corrected chi connectivity index (χ1v) is 8.02. The molecule has 0 fully saturated rings. The number of benzene rings is 1. The van der Waals surface area contributed by atoms with Crippen molar-refractivity contribution in [3.63, 3.8) is 0 Å². The van der Waals surface area contributed by atoms with Gasteiger partial charge >= 0.3 is 0 Å². The lowest BCUT2D eigenvalue weighted by atomic mass is 10.0. The lowest BCUT2D eigenvalue weighted by molar-refractivity contribution is -0.123. The van der Waals surface area contributed by atoms with Crippen LogP contribution in [0.4, 0.5) is 0 Å². The lowest BCUT2D eigenvalue weighted by Crippen LogP contribution is -2.51. The molecule has 1 unspecified atom stereocenters. The quantitative estimate of drug-likeness (QED) is 0.814. The van der Waals surface area contributed by atoms with E-state index >= 15 is 0 Å². The van der Waals surface area contributed by atoms with Gasteiger partial charge in [0.05, 0.1) is 10.4 Å². The molecule has 0 radical (unpaired) electrons. The summed E-state index contributed by atoms with van der Waals surface area (Å²) in [4.78, 5) is 11.6. The third-order valence-corrected chi connectivity index (χ3v) is 5.18. The molecule has 21 heavy (non-hydrogen) atoms. The molecule has 0 heterocycles. The van der Waals surface area contributed by atoms with Crippen molar-refractivity contribution in [2.24, 2.45) is 5.73 Å². The van der Waals surface area contributed by atoms with E-state index in [0.29, 0.717) is 0 Å². The Morgan fingerprint density at radius 3 is 2.10 bits per heavy atom. The van der Waals surface area contributed by atoms with Crippen molar-refractivity contribution in [1.29, 1.82) is 0 Å². The third-order valence-electron chi connectivity index (χ3n) is 3.35. The largest absolute Gasteiger partial charge is 0.368 e. The van der Waals surface area contributed by atoms with E-state index < -0.39 is 21.5 Å². The second-order valence-corrected chi connectivity index (χ2v) is 7.86. The molecule has 6 nitrogen and oxygen atoms in total. The van der Waals surface area contributed by atoms with Crippen molar-refractivity contribution in [3.05, 3.63) is 29.8 Å². The first-order chi connectivity index (χ1) is 9.48. The van der Waals surface area contributed by atoms with Crippen molar-refractivity contribution >= 4 is 15.9 Å². The van der Waals surface area contributed by atoms with E-state index in [1.807, 2.05) is 6.92 Å². The number of carbonyl (C=O) groups excluding carboxylic acids is 1. The van der Waals surface area contributed by atoms with Crippen LogP contribution < -0.4 is 11.1 Å². The maximum absolute atomic E-state index is 12.0. The van der Waals surface area contributed by atoms with Crippen LogP contribution in [0.3, 0.4) is 0 Å². The Morgan fingerprint density at radius 2 is 1.71 bits per heavy atom. The van der Waals surface area contributed by atoms with Gasteiger partial charge in [-0.2, -0.15) is 0 Å². The number of primary amides is 1. The Hall–Kier alpha value is -1.44. The Balaban J connectivity index is 2.96. The van der Waals surface area contributed by atoms with Crippen LogP contribution in [0.15, 0.2) is 29.2 Å². The predicted molar refractivity (Wildman–Crippen MR) is 82.1 cm³/mol. The number of hydrogen-bond acceptors (Lipinski definition) is 4. The predicted octanol–water partition coefficient (Wildman–Crippen LogP) is 0.851. The fourth-order valence-electron chi connectivity index (χ4n) is 1.84. The zero-order valence-electron chi connectivity index (χ0n) is 13.0. The van der Waals surface area contributed by atoms with Crippen LogP contribution in [0.1, 0.15) is 32.4 Å². The van der Waals surface area contributed by atoms with Gasteiger partial charge in [-0.25, -0.2) is 12.7 Å². The van der Waals surface area contributed by atoms with Crippen LogP contribution >= 0.6 is 0 Å². The van der Waals surface area contributed by atoms with Crippen LogP contribution in [0, 0.1) is 0 Å². The minimum atomic E-state index is -3.43. The molecule has 1 amide bonds. The molecule has 1 aromatic rings. The standard InChI is InChI=1S/C14H23N3O3S/c1-10(16-14(2,3)13(15)18)11-6-8-12(9-7-11)21(19,20)17(4)5/h6-10,16H,1-5H3,(H2,15,18). The highest BCUT2D eigenvalue weighted by Crippen LogP contribution is 2.20. The van der Waals surface area contributed by atoms with E-state index in [4.69, 9.17) is 5.73 Å². The molecule has 1 atom stereocenters. The van der Waals surface area contributed by atoms with Gasteiger partial charge in [-0.1, -0.05) is 12.1 Å². The number of rotatable bonds is 6. The van der Waals surface area contributed by atoms with E-state index in [-0.39, 0.29) is 10.9 Å². The zero-order chi connectivity index (χ0) is 16.4. The topological polar surface area (TPSA) is 92.5 Å². The molecule has 0 aliphatic carbocycles. The Bertz CT molecular complexity index is 607. The molecule has 0 bridgehead atoms. The van der Waals surface area contributed by atoms with Gasteiger partial charge in [-0.15, -0.1) is 0 Å². The van der Waals surface area contributed by atoms with Crippen LogP contribution in [-0.4, -0.2) is 38.3 Å². The molecular weight excluding hydrogens is 290 g/mol.